The second-order valence-electron chi connectivity index (χ2n) is 5.67. The average Bonchev–Trinajstić information content (AvgIpc) is 2.89. The Bertz CT molecular complexity index is 374. The fourth-order valence-corrected chi connectivity index (χ4v) is 3.55. The zero-order chi connectivity index (χ0) is 11.8. The van der Waals surface area contributed by atoms with Crippen LogP contribution >= 0.6 is 0 Å². The zero-order valence-corrected chi connectivity index (χ0v) is 10.5. The third-order valence-electron chi connectivity index (χ3n) is 4.68. The number of benzene rings is 1. The maximum Gasteiger partial charge on any atom is 0.115 e. The summed E-state index contributed by atoms with van der Waals surface area (Å²) in [6.07, 6.45) is 4.31. The molecular weight excluding hydrogens is 210 g/mol. The third-order valence-corrected chi connectivity index (χ3v) is 4.68. The van der Waals surface area contributed by atoms with Crippen LogP contribution in [0.1, 0.15) is 37.8 Å². The van der Waals surface area contributed by atoms with Crippen molar-refractivity contribution in [3.63, 3.8) is 0 Å². The molecule has 0 aromatic heterocycles. The number of hydrogen-bond acceptors (Lipinski definition) is 2. The van der Waals surface area contributed by atoms with Crippen LogP contribution in [0, 0.1) is 11.8 Å². The molecule has 2 fully saturated rings. The maximum absolute atomic E-state index is 9.32. The van der Waals surface area contributed by atoms with Gasteiger partial charge >= 0.3 is 0 Å². The van der Waals surface area contributed by atoms with Crippen molar-refractivity contribution in [1.29, 1.82) is 0 Å². The molecule has 2 nitrogen and oxygen atoms in total. The van der Waals surface area contributed by atoms with Gasteiger partial charge in [-0.15, -0.1) is 0 Å². The highest BCUT2D eigenvalue weighted by atomic mass is 16.3. The summed E-state index contributed by atoms with van der Waals surface area (Å²) in [5, 5.41) is 9.32. The lowest BCUT2D eigenvalue weighted by Crippen LogP contribution is -2.25. The van der Waals surface area contributed by atoms with Gasteiger partial charge in [0.2, 0.25) is 0 Å². The van der Waals surface area contributed by atoms with E-state index in [-0.39, 0.29) is 0 Å². The lowest BCUT2D eigenvalue weighted by atomic mass is 10.0. The lowest BCUT2D eigenvalue weighted by Gasteiger charge is -2.25. The third kappa shape index (κ3) is 2.06. The van der Waals surface area contributed by atoms with Crippen LogP contribution < -0.4 is 0 Å². The molecule has 1 saturated heterocycles. The first-order chi connectivity index (χ1) is 8.24. The van der Waals surface area contributed by atoms with Gasteiger partial charge < -0.3 is 5.11 Å². The van der Waals surface area contributed by atoms with Crippen molar-refractivity contribution in [3.8, 4) is 5.75 Å². The van der Waals surface area contributed by atoms with Crippen LogP contribution in [0.3, 0.4) is 0 Å². The lowest BCUT2D eigenvalue weighted by molar-refractivity contribution is 0.242. The van der Waals surface area contributed by atoms with Crippen molar-refractivity contribution in [2.24, 2.45) is 11.8 Å². The van der Waals surface area contributed by atoms with Crippen molar-refractivity contribution in [3.05, 3.63) is 29.8 Å². The zero-order valence-electron chi connectivity index (χ0n) is 10.5. The van der Waals surface area contributed by atoms with Gasteiger partial charge in [0.25, 0.3) is 0 Å². The minimum absolute atomic E-state index is 0.360. The van der Waals surface area contributed by atoms with Gasteiger partial charge in [-0.3, -0.25) is 4.90 Å². The monoisotopic (exact) mass is 231 g/mol. The molecule has 1 aromatic rings. The van der Waals surface area contributed by atoms with Crippen molar-refractivity contribution in [2.75, 3.05) is 13.1 Å². The van der Waals surface area contributed by atoms with Gasteiger partial charge in [0.1, 0.15) is 5.75 Å². The molecular formula is C15H21NO. The molecule has 3 rings (SSSR count). The number of phenols is 1. The van der Waals surface area contributed by atoms with E-state index in [9.17, 15) is 5.11 Å². The number of likely N-dealkylation sites (tertiary alicyclic amines) is 1. The normalized spacial score (nSPS) is 30.4. The summed E-state index contributed by atoms with van der Waals surface area (Å²) < 4.78 is 0. The summed E-state index contributed by atoms with van der Waals surface area (Å²) in [4.78, 5) is 2.61. The van der Waals surface area contributed by atoms with Crippen LogP contribution in [0.2, 0.25) is 0 Å². The van der Waals surface area contributed by atoms with E-state index in [2.05, 4.69) is 11.8 Å². The van der Waals surface area contributed by atoms with Gasteiger partial charge in [-0.2, -0.15) is 0 Å². The Hall–Kier alpha value is -1.02. The maximum atomic E-state index is 9.32. The highest BCUT2D eigenvalue weighted by Gasteiger charge is 2.37. The quantitative estimate of drug-likeness (QED) is 0.845. The van der Waals surface area contributed by atoms with Crippen LogP contribution in [-0.4, -0.2) is 23.1 Å². The number of rotatable bonds is 2. The first-order valence-corrected chi connectivity index (χ1v) is 6.77. The Balaban J connectivity index is 1.70. The van der Waals surface area contributed by atoms with E-state index in [1.165, 1.54) is 37.9 Å². The largest absolute Gasteiger partial charge is 0.508 e. The van der Waals surface area contributed by atoms with E-state index in [1.54, 1.807) is 12.1 Å². The Morgan fingerprint density at radius 1 is 1.12 bits per heavy atom. The molecule has 0 radical (unpaired) electrons. The second-order valence-corrected chi connectivity index (χ2v) is 5.67. The summed E-state index contributed by atoms with van der Waals surface area (Å²) in [6, 6.07) is 8.18. The molecule has 0 bridgehead atoms. The van der Waals surface area contributed by atoms with E-state index in [0.717, 1.165) is 11.8 Å². The predicted octanol–water partition coefficient (Wildman–Crippen LogP) is 3.19. The van der Waals surface area contributed by atoms with Crippen LogP contribution in [-0.2, 0) is 0 Å². The van der Waals surface area contributed by atoms with E-state index >= 15 is 0 Å². The number of phenolic OH excluding ortho intramolecular Hbond substituents is 1. The molecule has 1 aromatic carbocycles. The molecule has 1 saturated carbocycles. The molecule has 92 valence electrons. The Kier molecular flexibility index (Phi) is 2.83. The van der Waals surface area contributed by atoms with Gasteiger partial charge in [0.05, 0.1) is 0 Å². The van der Waals surface area contributed by atoms with Crippen molar-refractivity contribution in [1.82, 2.24) is 4.90 Å². The van der Waals surface area contributed by atoms with Gasteiger partial charge in [0.15, 0.2) is 0 Å². The minimum atomic E-state index is 0.360. The molecule has 0 amide bonds. The molecule has 0 spiro atoms. The van der Waals surface area contributed by atoms with Crippen molar-refractivity contribution < 1.29 is 5.11 Å². The average molecular weight is 231 g/mol. The SMILES string of the molecule is CC(c1ccc(O)cc1)N1CC2CCCC2C1. The van der Waals surface area contributed by atoms with E-state index in [1.807, 2.05) is 12.1 Å². The molecule has 1 aliphatic heterocycles. The van der Waals surface area contributed by atoms with Crippen LogP contribution in [0.25, 0.3) is 0 Å². The molecule has 17 heavy (non-hydrogen) atoms. The fraction of sp³-hybridized carbons (Fsp3) is 0.600. The van der Waals surface area contributed by atoms with E-state index in [0.29, 0.717) is 11.8 Å². The van der Waals surface area contributed by atoms with Crippen molar-refractivity contribution >= 4 is 0 Å². The number of nitrogens with zero attached hydrogens (tertiary/aromatic N) is 1. The standard InChI is InChI=1S/C15H21NO/c1-11(12-5-7-15(17)8-6-12)16-9-13-3-2-4-14(13)10-16/h5-8,11,13-14,17H,2-4,9-10H2,1H3. The van der Waals surface area contributed by atoms with Crippen LogP contribution in [0.4, 0.5) is 0 Å². The summed E-state index contributed by atoms with van der Waals surface area (Å²) in [5.41, 5.74) is 1.32. The van der Waals surface area contributed by atoms with Crippen LogP contribution in [0.15, 0.2) is 24.3 Å². The summed E-state index contributed by atoms with van der Waals surface area (Å²) in [7, 11) is 0. The molecule has 1 heterocycles. The summed E-state index contributed by atoms with van der Waals surface area (Å²) >= 11 is 0. The first-order valence-electron chi connectivity index (χ1n) is 6.77. The highest BCUT2D eigenvalue weighted by molar-refractivity contribution is 5.28. The molecule has 1 aliphatic carbocycles. The fourth-order valence-electron chi connectivity index (χ4n) is 3.55. The molecule has 2 heteroatoms. The first kappa shape index (κ1) is 11.1. The van der Waals surface area contributed by atoms with Gasteiger partial charge in [-0.25, -0.2) is 0 Å². The van der Waals surface area contributed by atoms with Gasteiger partial charge in [-0.1, -0.05) is 18.6 Å². The smallest absolute Gasteiger partial charge is 0.115 e. The minimum Gasteiger partial charge on any atom is -0.508 e. The Morgan fingerprint density at radius 2 is 1.71 bits per heavy atom. The topological polar surface area (TPSA) is 23.5 Å². The molecule has 3 unspecified atom stereocenters. The molecule has 1 N–H and O–H groups in total. The predicted molar refractivity (Wildman–Crippen MR) is 68.9 cm³/mol. The van der Waals surface area contributed by atoms with Crippen molar-refractivity contribution in [2.45, 2.75) is 32.2 Å². The Morgan fingerprint density at radius 3 is 2.29 bits per heavy atom. The number of hydrogen-bond donors (Lipinski definition) is 1. The Labute approximate surface area is 103 Å². The van der Waals surface area contributed by atoms with Gasteiger partial charge in [0, 0.05) is 19.1 Å². The second kappa shape index (κ2) is 4.34. The molecule has 2 aliphatic rings. The van der Waals surface area contributed by atoms with E-state index in [4.69, 9.17) is 0 Å². The van der Waals surface area contributed by atoms with E-state index < -0.39 is 0 Å². The van der Waals surface area contributed by atoms with Crippen LogP contribution in [0.5, 0.6) is 5.75 Å². The molecule has 3 atom stereocenters. The van der Waals surface area contributed by atoms with Gasteiger partial charge in [-0.05, 0) is 49.3 Å². The number of aromatic hydroxyl groups is 1. The highest BCUT2D eigenvalue weighted by Crippen LogP contribution is 2.40. The summed E-state index contributed by atoms with van der Waals surface area (Å²) in [6.45, 7) is 4.83. The summed E-state index contributed by atoms with van der Waals surface area (Å²) in [5.74, 6) is 2.27. The number of fused-ring (bicyclic) bond motifs is 1.